The van der Waals surface area contributed by atoms with E-state index in [1.165, 1.54) is 5.39 Å². The summed E-state index contributed by atoms with van der Waals surface area (Å²) in [6.07, 6.45) is 2.38. The highest BCUT2D eigenvalue weighted by atomic mass is 79.9. The number of nitrogens with zero attached hydrogens (tertiary/aromatic N) is 1. The molecule has 6 nitrogen and oxygen atoms in total. The van der Waals surface area contributed by atoms with Gasteiger partial charge in [0.2, 0.25) is 0 Å². The molecular weight excluding hydrogens is 642 g/mol. The maximum absolute atomic E-state index is 14.1. The summed E-state index contributed by atoms with van der Waals surface area (Å²) < 4.78 is 18.7. The number of allylic oxidation sites excluding steroid dienone is 4. The van der Waals surface area contributed by atoms with Gasteiger partial charge in [-0.2, -0.15) is 0 Å². The predicted molar refractivity (Wildman–Crippen MR) is 185 cm³/mol. The molecule has 0 bridgehead atoms. The molecule has 3 aliphatic rings. The van der Waals surface area contributed by atoms with Gasteiger partial charge < -0.3 is 19.1 Å². The normalized spacial score (nSPS) is 19.4. The summed E-state index contributed by atoms with van der Waals surface area (Å²) in [5.41, 5.74) is 6.26. The molecule has 3 aromatic rings. The Morgan fingerprint density at radius 2 is 1.50 bits per heavy atom. The minimum absolute atomic E-state index is 0.102. The molecule has 0 amide bonds. The van der Waals surface area contributed by atoms with Crippen LogP contribution < -0.4 is 9.47 Å². The molecule has 0 radical (unpaired) electrons. The Bertz CT molecular complexity index is 1750. The van der Waals surface area contributed by atoms with Gasteiger partial charge in [0.15, 0.2) is 23.1 Å². The van der Waals surface area contributed by atoms with E-state index in [9.17, 15) is 9.59 Å². The smallest absolute Gasteiger partial charge is 0.175 e. The Morgan fingerprint density at radius 1 is 0.870 bits per heavy atom. The van der Waals surface area contributed by atoms with Crippen LogP contribution in [0.4, 0.5) is 0 Å². The van der Waals surface area contributed by atoms with Crippen molar-refractivity contribution in [3.63, 3.8) is 0 Å². The number of carbonyl (C=O) groups excluding carboxylic acids is 2. The largest absolute Gasteiger partial charge is 0.493 e. The molecule has 0 N–H and O–H groups in total. The van der Waals surface area contributed by atoms with Crippen molar-refractivity contribution in [2.45, 2.75) is 72.8 Å². The maximum Gasteiger partial charge on any atom is 0.175 e. The first kappa shape index (κ1) is 32.5. The third-order valence-corrected chi connectivity index (χ3v) is 10.4. The molecule has 3 aromatic carbocycles. The quantitative estimate of drug-likeness (QED) is 0.236. The number of carbonyl (C=O) groups is 2. The standard InChI is InChI=1S/C39H44BrNO5/c1-23-12-13-24-10-8-9-11-26(24)27(23)22-46-37-28(40)16-25(17-33(37)45-7)34-35-29(18-38(2,3)20-31(35)42)41(14-15-44-6)30-19-39(4,5)21-32(43)36(30)34/h8-13,16-17,34H,14-15,18-22H2,1-7H3. The highest BCUT2D eigenvalue weighted by molar-refractivity contribution is 9.10. The molecule has 242 valence electrons. The van der Waals surface area contributed by atoms with Crippen molar-refractivity contribution in [1.29, 1.82) is 0 Å². The van der Waals surface area contributed by atoms with Crippen molar-refractivity contribution >= 4 is 38.3 Å². The molecule has 6 rings (SSSR count). The number of methoxy groups -OCH3 is 2. The van der Waals surface area contributed by atoms with Gasteiger partial charge in [0, 0.05) is 60.5 Å². The van der Waals surface area contributed by atoms with E-state index in [0.29, 0.717) is 44.1 Å². The molecular formula is C39H44BrNO5. The second-order valence-electron chi connectivity index (χ2n) is 14.6. The minimum Gasteiger partial charge on any atom is -0.493 e. The SMILES string of the molecule is COCCN1C2=C(C(=O)CC(C)(C)C2)C(c2cc(Br)c(OCc3c(C)ccc4ccccc34)c(OC)c2)C2=C1CC(C)(C)CC2=O. The van der Waals surface area contributed by atoms with Crippen LogP contribution in [-0.4, -0.2) is 43.8 Å². The van der Waals surface area contributed by atoms with Crippen molar-refractivity contribution in [2.75, 3.05) is 27.4 Å². The summed E-state index contributed by atoms with van der Waals surface area (Å²) in [4.78, 5) is 30.5. The average molecular weight is 687 g/mol. The number of hydrogen-bond donors (Lipinski definition) is 0. The fraction of sp³-hybridized carbons (Fsp3) is 0.436. The Hall–Kier alpha value is -3.42. The van der Waals surface area contributed by atoms with Gasteiger partial charge in [0.1, 0.15) is 6.61 Å². The number of Topliss-reactive ketones (excluding diaryl/α,β-unsaturated/α-hetero) is 2. The lowest BCUT2D eigenvalue weighted by molar-refractivity contribution is -0.119. The minimum atomic E-state index is -0.476. The number of benzene rings is 3. The van der Waals surface area contributed by atoms with Crippen molar-refractivity contribution in [2.24, 2.45) is 10.8 Å². The van der Waals surface area contributed by atoms with Crippen LogP contribution in [0.25, 0.3) is 10.8 Å². The van der Waals surface area contributed by atoms with Gasteiger partial charge in [0.25, 0.3) is 0 Å². The van der Waals surface area contributed by atoms with Gasteiger partial charge in [-0.05, 0) is 80.6 Å². The van der Waals surface area contributed by atoms with Gasteiger partial charge in [-0.15, -0.1) is 0 Å². The number of ketones is 2. The summed E-state index contributed by atoms with van der Waals surface area (Å²) >= 11 is 3.80. The lowest BCUT2D eigenvalue weighted by Crippen LogP contribution is -2.45. The number of ether oxygens (including phenoxy) is 3. The van der Waals surface area contributed by atoms with Gasteiger partial charge >= 0.3 is 0 Å². The fourth-order valence-electron chi connectivity index (χ4n) is 7.66. The molecule has 0 saturated heterocycles. The highest BCUT2D eigenvalue weighted by Crippen LogP contribution is 2.55. The van der Waals surface area contributed by atoms with E-state index in [4.69, 9.17) is 14.2 Å². The number of rotatable bonds is 8. The van der Waals surface area contributed by atoms with Crippen molar-refractivity contribution in [3.8, 4) is 11.5 Å². The topological polar surface area (TPSA) is 65.1 Å². The van der Waals surface area contributed by atoms with E-state index in [0.717, 1.165) is 61.9 Å². The van der Waals surface area contributed by atoms with Crippen LogP contribution in [0.1, 0.15) is 76.0 Å². The zero-order valence-corrected chi connectivity index (χ0v) is 29.6. The monoisotopic (exact) mass is 685 g/mol. The van der Waals surface area contributed by atoms with Crippen LogP contribution in [0.2, 0.25) is 0 Å². The van der Waals surface area contributed by atoms with Gasteiger partial charge in [0.05, 0.1) is 18.2 Å². The molecule has 7 heteroatoms. The Labute approximate surface area is 280 Å². The first-order valence-corrected chi connectivity index (χ1v) is 16.9. The van der Waals surface area contributed by atoms with Crippen LogP contribution in [0, 0.1) is 17.8 Å². The van der Waals surface area contributed by atoms with Crippen LogP contribution in [-0.2, 0) is 20.9 Å². The van der Waals surface area contributed by atoms with E-state index >= 15 is 0 Å². The van der Waals surface area contributed by atoms with Gasteiger partial charge in [-0.1, -0.05) is 64.1 Å². The molecule has 1 aliphatic heterocycles. The Balaban J connectivity index is 1.47. The van der Waals surface area contributed by atoms with E-state index in [1.807, 2.05) is 24.3 Å². The molecule has 0 saturated carbocycles. The summed E-state index contributed by atoms with van der Waals surface area (Å²) in [7, 11) is 3.32. The lowest BCUT2D eigenvalue weighted by Gasteiger charge is -2.49. The molecule has 2 aliphatic carbocycles. The van der Waals surface area contributed by atoms with E-state index in [1.54, 1.807) is 14.2 Å². The van der Waals surface area contributed by atoms with Crippen molar-refractivity contribution in [1.82, 2.24) is 4.90 Å². The number of aryl methyl sites for hydroxylation is 1. The third-order valence-electron chi connectivity index (χ3n) is 9.76. The molecule has 0 aromatic heterocycles. The molecule has 46 heavy (non-hydrogen) atoms. The second kappa shape index (κ2) is 12.3. The number of fused-ring (bicyclic) bond motifs is 1. The van der Waals surface area contributed by atoms with Crippen LogP contribution >= 0.6 is 15.9 Å². The molecule has 0 spiro atoms. The third kappa shape index (κ3) is 5.93. The van der Waals surface area contributed by atoms with E-state index < -0.39 is 5.92 Å². The lowest BCUT2D eigenvalue weighted by atomic mass is 9.63. The van der Waals surface area contributed by atoms with Crippen molar-refractivity contribution in [3.05, 3.63) is 92.2 Å². The van der Waals surface area contributed by atoms with Crippen LogP contribution in [0.15, 0.2) is 75.5 Å². The summed E-state index contributed by atoms with van der Waals surface area (Å²) in [6.45, 7) is 12.2. The molecule has 0 fully saturated rings. The van der Waals surface area contributed by atoms with E-state index in [-0.39, 0.29) is 22.4 Å². The van der Waals surface area contributed by atoms with Gasteiger partial charge in [-0.25, -0.2) is 0 Å². The molecule has 1 heterocycles. The fourth-order valence-corrected chi connectivity index (χ4v) is 8.24. The van der Waals surface area contributed by atoms with Gasteiger partial charge in [-0.3, -0.25) is 9.59 Å². The summed E-state index contributed by atoms with van der Waals surface area (Å²) in [5.74, 6) is 0.872. The first-order chi connectivity index (χ1) is 21.8. The highest BCUT2D eigenvalue weighted by Gasteiger charge is 2.49. The van der Waals surface area contributed by atoms with Crippen LogP contribution in [0.5, 0.6) is 11.5 Å². The second-order valence-corrected chi connectivity index (χ2v) is 15.4. The maximum atomic E-state index is 14.1. The number of halogens is 1. The zero-order valence-electron chi connectivity index (χ0n) is 28.0. The summed E-state index contributed by atoms with van der Waals surface area (Å²) in [6, 6.07) is 16.5. The average Bonchev–Trinajstić information content (AvgIpc) is 2.98. The van der Waals surface area contributed by atoms with E-state index in [2.05, 4.69) is 79.7 Å². The Kier molecular flexibility index (Phi) is 8.70. The summed E-state index contributed by atoms with van der Waals surface area (Å²) in [5, 5.41) is 2.32. The number of hydrogen-bond acceptors (Lipinski definition) is 6. The predicted octanol–water partition coefficient (Wildman–Crippen LogP) is 8.83. The zero-order chi connectivity index (χ0) is 33.0. The molecule has 0 atom stereocenters. The Morgan fingerprint density at radius 3 is 2.11 bits per heavy atom. The molecule has 0 unspecified atom stereocenters. The van der Waals surface area contributed by atoms with Crippen molar-refractivity contribution < 1.29 is 23.8 Å². The first-order valence-electron chi connectivity index (χ1n) is 16.1. The van der Waals surface area contributed by atoms with Crippen LogP contribution in [0.3, 0.4) is 0 Å².